The van der Waals surface area contributed by atoms with Gasteiger partial charge in [0.05, 0.1) is 0 Å². The summed E-state index contributed by atoms with van der Waals surface area (Å²) in [7, 11) is 0. The van der Waals surface area contributed by atoms with E-state index in [4.69, 9.17) is 5.73 Å². The molecule has 1 saturated heterocycles. The van der Waals surface area contributed by atoms with Crippen LogP contribution in [0.15, 0.2) is 36.4 Å². The summed E-state index contributed by atoms with van der Waals surface area (Å²) in [4.78, 5) is 11.0. The van der Waals surface area contributed by atoms with Gasteiger partial charge in [0.2, 0.25) is 0 Å². The molecule has 0 amide bonds. The Bertz CT molecular complexity index is 615. The van der Waals surface area contributed by atoms with E-state index in [0.717, 1.165) is 24.8 Å². The van der Waals surface area contributed by atoms with Gasteiger partial charge in [0.25, 0.3) is 0 Å². The van der Waals surface area contributed by atoms with Gasteiger partial charge in [0.1, 0.15) is 17.5 Å². The summed E-state index contributed by atoms with van der Waals surface area (Å²) >= 11 is 0. The van der Waals surface area contributed by atoms with Crippen molar-refractivity contribution in [2.75, 3.05) is 30.7 Å². The standard InChI is InChI=1S/C19H27N5/c1-15-22-18(20)13-19(23-15)21-10-7-16-8-11-24(12-9-16)14-17-5-3-2-4-6-17/h2-6,13,16H,7-12,14H2,1H3,(H3,20,21,22,23). The number of anilines is 2. The predicted molar refractivity (Wildman–Crippen MR) is 98.7 cm³/mol. The molecule has 3 rings (SSSR count). The van der Waals surface area contributed by atoms with E-state index in [1.165, 1.54) is 37.9 Å². The van der Waals surface area contributed by atoms with E-state index < -0.39 is 0 Å². The fourth-order valence-electron chi connectivity index (χ4n) is 3.36. The summed E-state index contributed by atoms with van der Waals surface area (Å²) < 4.78 is 0. The van der Waals surface area contributed by atoms with Crippen LogP contribution < -0.4 is 11.1 Å². The first-order valence-corrected chi connectivity index (χ1v) is 8.80. The second kappa shape index (κ2) is 8.11. The minimum Gasteiger partial charge on any atom is -0.384 e. The van der Waals surface area contributed by atoms with Crippen molar-refractivity contribution < 1.29 is 0 Å². The molecule has 2 heterocycles. The van der Waals surface area contributed by atoms with Gasteiger partial charge in [-0.2, -0.15) is 0 Å². The third-order valence-corrected chi connectivity index (χ3v) is 4.67. The average molecular weight is 325 g/mol. The molecular weight excluding hydrogens is 298 g/mol. The number of nitrogens with two attached hydrogens (primary N) is 1. The summed E-state index contributed by atoms with van der Waals surface area (Å²) in [6, 6.07) is 12.5. The molecule has 0 spiro atoms. The van der Waals surface area contributed by atoms with E-state index in [9.17, 15) is 0 Å². The largest absolute Gasteiger partial charge is 0.384 e. The number of benzene rings is 1. The number of likely N-dealkylation sites (tertiary alicyclic amines) is 1. The van der Waals surface area contributed by atoms with Gasteiger partial charge in [-0.25, -0.2) is 9.97 Å². The Balaban J connectivity index is 1.38. The SMILES string of the molecule is Cc1nc(N)cc(NCCC2CCN(Cc3ccccc3)CC2)n1. The summed E-state index contributed by atoms with van der Waals surface area (Å²) in [6.45, 7) is 6.27. The fourth-order valence-corrected chi connectivity index (χ4v) is 3.36. The van der Waals surface area contributed by atoms with Gasteiger partial charge >= 0.3 is 0 Å². The lowest BCUT2D eigenvalue weighted by molar-refractivity contribution is 0.174. The molecule has 24 heavy (non-hydrogen) atoms. The lowest BCUT2D eigenvalue weighted by Crippen LogP contribution is -2.33. The Kier molecular flexibility index (Phi) is 5.64. The number of aromatic nitrogens is 2. The van der Waals surface area contributed by atoms with Crippen LogP contribution in [0.1, 0.15) is 30.7 Å². The van der Waals surface area contributed by atoms with Crippen LogP contribution in [0.4, 0.5) is 11.6 Å². The number of hydrogen-bond acceptors (Lipinski definition) is 5. The lowest BCUT2D eigenvalue weighted by atomic mass is 9.93. The zero-order valence-corrected chi connectivity index (χ0v) is 14.4. The van der Waals surface area contributed by atoms with E-state index in [-0.39, 0.29) is 0 Å². The Labute approximate surface area is 144 Å². The Hall–Kier alpha value is -2.14. The molecule has 5 heteroatoms. The van der Waals surface area contributed by atoms with Crippen molar-refractivity contribution in [3.63, 3.8) is 0 Å². The molecule has 1 aromatic heterocycles. The number of nitrogens with zero attached hydrogens (tertiary/aromatic N) is 3. The molecule has 0 saturated carbocycles. The van der Waals surface area contributed by atoms with Crippen molar-refractivity contribution >= 4 is 11.6 Å². The zero-order chi connectivity index (χ0) is 16.8. The molecule has 1 aliphatic rings. The van der Waals surface area contributed by atoms with Gasteiger partial charge in [-0.05, 0) is 50.8 Å². The molecular formula is C19H27N5. The molecule has 0 unspecified atom stereocenters. The van der Waals surface area contributed by atoms with Crippen molar-refractivity contribution in [3.8, 4) is 0 Å². The number of aryl methyl sites for hydroxylation is 1. The topological polar surface area (TPSA) is 67.1 Å². The van der Waals surface area contributed by atoms with Gasteiger partial charge in [-0.15, -0.1) is 0 Å². The van der Waals surface area contributed by atoms with Crippen LogP contribution in [0.3, 0.4) is 0 Å². The lowest BCUT2D eigenvalue weighted by Gasteiger charge is -2.32. The minimum absolute atomic E-state index is 0.527. The molecule has 5 nitrogen and oxygen atoms in total. The summed E-state index contributed by atoms with van der Waals surface area (Å²) in [5.74, 6) is 2.87. The zero-order valence-electron chi connectivity index (χ0n) is 14.4. The van der Waals surface area contributed by atoms with Gasteiger partial charge in [0, 0.05) is 19.2 Å². The second-order valence-corrected chi connectivity index (χ2v) is 6.65. The summed E-state index contributed by atoms with van der Waals surface area (Å²) in [5, 5.41) is 3.38. The monoisotopic (exact) mass is 325 g/mol. The van der Waals surface area contributed by atoms with Crippen LogP contribution in [0.5, 0.6) is 0 Å². The predicted octanol–water partition coefficient (Wildman–Crippen LogP) is 3.08. The number of hydrogen-bond donors (Lipinski definition) is 2. The summed E-state index contributed by atoms with van der Waals surface area (Å²) in [5.41, 5.74) is 7.17. The maximum absolute atomic E-state index is 5.76. The molecule has 0 aliphatic carbocycles. The first kappa shape index (κ1) is 16.7. The number of piperidine rings is 1. The Morgan fingerprint density at radius 2 is 1.92 bits per heavy atom. The Morgan fingerprint density at radius 1 is 1.17 bits per heavy atom. The molecule has 1 aromatic carbocycles. The van der Waals surface area contributed by atoms with Gasteiger partial charge in [0.15, 0.2) is 0 Å². The molecule has 1 aliphatic heterocycles. The molecule has 0 radical (unpaired) electrons. The van der Waals surface area contributed by atoms with Crippen LogP contribution in [-0.4, -0.2) is 34.5 Å². The summed E-state index contributed by atoms with van der Waals surface area (Å²) in [6.07, 6.45) is 3.74. The maximum atomic E-state index is 5.76. The van der Waals surface area contributed by atoms with Gasteiger partial charge in [-0.1, -0.05) is 30.3 Å². The van der Waals surface area contributed by atoms with Crippen molar-refractivity contribution in [1.82, 2.24) is 14.9 Å². The average Bonchev–Trinajstić information content (AvgIpc) is 2.57. The highest BCUT2D eigenvalue weighted by Crippen LogP contribution is 2.22. The minimum atomic E-state index is 0.527. The first-order valence-electron chi connectivity index (χ1n) is 8.80. The van der Waals surface area contributed by atoms with E-state index in [1.54, 1.807) is 6.07 Å². The highest BCUT2D eigenvalue weighted by atomic mass is 15.1. The third kappa shape index (κ3) is 4.93. The van der Waals surface area contributed by atoms with E-state index in [2.05, 4.69) is 50.5 Å². The van der Waals surface area contributed by atoms with Crippen molar-refractivity contribution in [2.45, 2.75) is 32.7 Å². The quantitative estimate of drug-likeness (QED) is 0.854. The molecule has 0 atom stereocenters. The molecule has 1 fully saturated rings. The van der Waals surface area contributed by atoms with Crippen LogP contribution in [0.2, 0.25) is 0 Å². The molecule has 128 valence electrons. The van der Waals surface area contributed by atoms with Gasteiger partial charge < -0.3 is 11.1 Å². The Morgan fingerprint density at radius 3 is 2.62 bits per heavy atom. The van der Waals surface area contributed by atoms with Crippen molar-refractivity contribution in [1.29, 1.82) is 0 Å². The molecule has 3 N–H and O–H groups in total. The van der Waals surface area contributed by atoms with E-state index in [0.29, 0.717) is 11.6 Å². The van der Waals surface area contributed by atoms with E-state index in [1.807, 2.05) is 6.92 Å². The second-order valence-electron chi connectivity index (χ2n) is 6.65. The van der Waals surface area contributed by atoms with Crippen LogP contribution in [-0.2, 0) is 6.54 Å². The molecule has 2 aromatic rings. The third-order valence-electron chi connectivity index (χ3n) is 4.67. The normalized spacial score (nSPS) is 16.2. The maximum Gasteiger partial charge on any atom is 0.131 e. The van der Waals surface area contributed by atoms with Crippen molar-refractivity contribution in [3.05, 3.63) is 47.8 Å². The molecule has 0 bridgehead atoms. The van der Waals surface area contributed by atoms with Crippen LogP contribution in [0, 0.1) is 12.8 Å². The van der Waals surface area contributed by atoms with Crippen LogP contribution in [0.25, 0.3) is 0 Å². The van der Waals surface area contributed by atoms with Crippen molar-refractivity contribution in [2.24, 2.45) is 5.92 Å². The fraction of sp³-hybridized carbons (Fsp3) is 0.474. The highest BCUT2D eigenvalue weighted by Gasteiger charge is 2.18. The van der Waals surface area contributed by atoms with E-state index >= 15 is 0 Å². The first-order chi connectivity index (χ1) is 11.7. The highest BCUT2D eigenvalue weighted by molar-refractivity contribution is 5.44. The number of nitrogen functional groups attached to an aromatic ring is 1. The smallest absolute Gasteiger partial charge is 0.131 e. The van der Waals surface area contributed by atoms with Crippen LogP contribution >= 0.6 is 0 Å². The number of nitrogens with one attached hydrogen (secondary N) is 1. The van der Waals surface area contributed by atoms with Gasteiger partial charge in [-0.3, -0.25) is 4.90 Å². The number of rotatable bonds is 6.